The van der Waals surface area contributed by atoms with E-state index in [0.29, 0.717) is 6.61 Å². The van der Waals surface area contributed by atoms with Crippen LogP contribution in [0.2, 0.25) is 0 Å². The van der Waals surface area contributed by atoms with Crippen LogP contribution in [0.25, 0.3) is 0 Å². The zero-order valence-corrected chi connectivity index (χ0v) is 12.0. The van der Waals surface area contributed by atoms with Crippen molar-refractivity contribution in [3.05, 3.63) is 71.8 Å². The van der Waals surface area contributed by atoms with Crippen LogP contribution in [-0.4, -0.2) is 12.7 Å². The third-order valence-corrected chi connectivity index (χ3v) is 3.55. The van der Waals surface area contributed by atoms with Crippen LogP contribution in [0.1, 0.15) is 30.5 Å². The first-order valence-corrected chi connectivity index (χ1v) is 7.27. The van der Waals surface area contributed by atoms with Gasteiger partial charge in [-0.2, -0.15) is 0 Å². The first-order valence-electron chi connectivity index (χ1n) is 7.27. The molecule has 0 aromatic heterocycles. The van der Waals surface area contributed by atoms with E-state index in [1.165, 1.54) is 5.56 Å². The maximum absolute atomic E-state index is 6.30. The van der Waals surface area contributed by atoms with E-state index >= 15 is 0 Å². The molecule has 0 aliphatic heterocycles. The maximum Gasteiger partial charge on any atom is 0.0765 e. The summed E-state index contributed by atoms with van der Waals surface area (Å²) >= 11 is 0. The van der Waals surface area contributed by atoms with Crippen LogP contribution in [0.15, 0.2) is 60.7 Å². The molecular formula is C18H23NO. The van der Waals surface area contributed by atoms with Gasteiger partial charge in [0.2, 0.25) is 0 Å². The highest BCUT2D eigenvalue weighted by Gasteiger charge is 2.17. The van der Waals surface area contributed by atoms with E-state index in [-0.39, 0.29) is 12.1 Å². The van der Waals surface area contributed by atoms with Gasteiger partial charge in [0.05, 0.1) is 18.8 Å². The predicted octanol–water partition coefficient (Wildman–Crippen LogP) is 3.72. The molecule has 0 saturated heterocycles. The Bertz CT molecular complexity index is 483. The van der Waals surface area contributed by atoms with E-state index in [4.69, 9.17) is 10.5 Å². The van der Waals surface area contributed by atoms with Gasteiger partial charge < -0.3 is 10.5 Å². The van der Waals surface area contributed by atoms with Crippen molar-refractivity contribution in [2.75, 3.05) is 6.61 Å². The highest BCUT2D eigenvalue weighted by molar-refractivity contribution is 5.19. The van der Waals surface area contributed by atoms with Crippen molar-refractivity contribution < 1.29 is 4.74 Å². The second-order valence-corrected chi connectivity index (χ2v) is 4.99. The zero-order valence-electron chi connectivity index (χ0n) is 12.0. The number of rotatable bonds is 7. The highest BCUT2D eigenvalue weighted by atomic mass is 16.5. The molecule has 2 nitrogen and oxygen atoms in total. The number of ether oxygens (including phenoxy) is 1. The summed E-state index contributed by atoms with van der Waals surface area (Å²) in [7, 11) is 0. The van der Waals surface area contributed by atoms with Gasteiger partial charge in [0.1, 0.15) is 0 Å². The van der Waals surface area contributed by atoms with Gasteiger partial charge in [0, 0.05) is 0 Å². The van der Waals surface area contributed by atoms with Crippen LogP contribution in [0.4, 0.5) is 0 Å². The summed E-state index contributed by atoms with van der Waals surface area (Å²) in [4.78, 5) is 0. The monoisotopic (exact) mass is 269 g/mol. The lowest BCUT2D eigenvalue weighted by Crippen LogP contribution is -2.29. The minimum Gasteiger partial charge on any atom is -0.376 e. The molecule has 2 N–H and O–H groups in total. The third kappa shape index (κ3) is 4.19. The summed E-state index contributed by atoms with van der Waals surface area (Å²) in [5, 5.41) is 0. The molecule has 0 heterocycles. The minimum atomic E-state index is -0.0584. The molecule has 2 atom stereocenters. The van der Waals surface area contributed by atoms with E-state index in [1.54, 1.807) is 0 Å². The van der Waals surface area contributed by atoms with E-state index in [2.05, 4.69) is 43.3 Å². The van der Waals surface area contributed by atoms with Crippen molar-refractivity contribution in [1.82, 2.24) is 0 Å². The number of nitrogens with two attached hydrogens (primary N) is 1. The molecule has 2 heteroatoms. The smallest absolute Gasteiger partial charge is 0.0765 e. The van der Waals surface area contributed by atoms with Crippen LogP contribution in [0, 0.1) is 0 Å². The van der Waals surface area contributed by atoms with Gasteiger partial charge in [-0.1, -0.05) is 67.6 Å². The molecule has 106 valence electrons. The summed E-state index contributed by atoms with van der Waals surface area (Å²) in [5.74, 6) is 0. The van der Waals surface area contributed by atoms with E-state index in [0.717, 1.165) is 18.4 Å². The van der Waals surface area contributed by atoms with Crippen LogP contribution in [0.5, 0.6) is 0 Å². The number of hydrogen-bond donors (Lipinski definition) is 1. The lowest BCUT2D eigenvalue weighted by Gasteiger charge is -2.23. The van der Waals surface area contributed by atoms with Gasteiger partial charge in [0.15, 0.2) is 0 Å². The second kappa shape index (κ2) is 7.83. The van der Waals surface area contributed by atoms with Crippen LogP contribution >= 0.6 is 0 Å². The molecule has 20 heavy (non-hydrogen) atoms. The molecule has 2 rings (SSSR count). The largest absolute Gasteiger partial charge is 0.376 e. The third-order valence-electron chi connectivity index (χ3n) is 3.55. The Kier molecular flexibility index (Phi) is 5.78. The Labute approximate surface area is 121 Å². The average Bonchev–Trinajstić information content (AvgIpc) is 2.53. The van der Waals surface area contributed by atoms with Crippen molar-refractivity contribution in [2.45, 2.75) is 31.9 Å². The molecule has 0 aliphatic carbocycles. The van der Waals surface area contributed by atoms with Gasteiger partial charge in [-0.05, 0) is 24.0 Å². The van der Waals surface area contributed by atoms with Crippen LogP contribution < -0.4 is 5.73 Å². The Hall–Kier alpha value is -1.64. The second-order valence-electron chi connectivity index (χ2n) is 4.99. The molecule has 0 fully saturated rings. The number of benzene rings is 2. The normalized spacial score (nSPS) is 13.9. The fourth-order valence-electron chi connectivity index (χ4n) is 2.34. The van der Waals surface area contributed by atoms with Crippen molar-refractivity contribution in [2.24, 2.45) is 5.73 Å². The summed E-state index contributed by atoms with van der Waals surface area (Å²) in [6.45, 7) is 2.83. The summed E-state index contributed by atoms with van der Waals surface area (Å²) in [5.41, 5.74) is 8.74. The van der Waals surface area contributed by atoms with Crippen LogP contribution in [0.3, 0.4) is 0 Å². The summed E-state index contributed by atoms with van der Waals surface area (Å²) in [6, 6.07) is 20.5. The molecule has 0 spiro atoms. The Morgan fingerprint density at radius 2 is 1.55 bits per heavy atom. The number of hydrogen-bond acceptors (Lipinski definition) is 2. The van der Waals surface area contributed by atoms with E-state index < -0.39 is 0 Å². The van der Waals surface area contributed by atoms with Gasteiger partial charge in [-0.25, -0.2) is 0 Å². The van der Waals surface area contributed by atoms with E-state index in [1.807, 2.05) is 24.3 Å². The predicted molar refractivity (Wildman–Crippen MR) is 83.5 cm³/mol. The van der Waals surface area contributed by atoms with Gasteiger partial charge in [-0.15, -0.1) is 0 Å². The molecule has 0 saturated carbocycles. The lowest BCUT2D eigenvalue weighted by molar-refractivity contribution is 0.0345. The SMILES string of the molecule is CCC(OCCc1ccccc1)C(N)c1ccccc1. The standard InChI is InChI=1S/C18H23NO/c1-2-17(18(19)16-11-7-4-8-12-16)20-14-13-15-9-5-3-6-10-15/h3-12,17-18H,2,13-14,19H2,1H3. The Morgan fingerprint density at radius 3 is 2.15 bits per heavy atom. The first kappa shape index (κ1) is 14.8. The van der Waals surface area contributed by atoms with Gasteiger partial charge in [-0.3, -0.25) is 0 Å². The Balaban J connectivity index is 1.86. The topological polar surface area (TPSA) is 35.2 Å². The molecule has 0 aliphatic rings. The van der Waals surface area contributed by atoms with Crippen molar-refractivity contribution in [3.8, 4) is 0 Å². The molecule has 2 unspecified atom stereocenters. The fourth-order valence-corrected chi connectivity index (χ4v) is 2.34. The minimum absolute atomic E-state index is 0.0584. The van der Waals surface area contributed by atoms with Gasteiger partial charge >= 0.3 is 0 Å². The first-order chi connectivity index (χ1) is 9.81. The van der Waals surface area contributed by atoms with Crippen molar-refractivity contribution in [1.29, 1.82) is 0 Å². The van der Waals surface area contributed by atoms with Crippen LogP contribution in [-0.2, 0) is 11.2 Å². The fraction of sp³-hybridized carbons (Fsp3) is 0.333. The maximum atomic E-state index is 6.30. The average molecular weight is 269 g/mol. The van der Waals surface area contributed by atoms with Gasteiger partial charge in [0.25, 0.3) is 0 Å². The molecule has 0 radical (unpaired) electrons. The molecule has 0 bridgehead atoms. The highest BCUT2D eigenvalue weighted by Crippen LogP contribution is 2.19. The Morgan fingerprint density at radius 1 is 0.950 bits per heavy atom. The molecular weight excluding hydrogens is 246 g/mol. The zero-order chi connectivity index (χ0) is 14.2. The molecule has 0 amide bonds. The van der Waals surface area contributed by atoms with Crippen molar-refractivity contribution >= 4 is 0 Å². The molecule has 2 aromatic rings. The summed E-state index contributed by atoms with van der Waals surface area (Å²) < 4.78 is 5.99. The van der Waals surface area contributed by atoms with E-state index in [9.17, 15) is 0 Å². The van der Waals surface area contributed by atoms with Crippen molar-refractivity contribution in [3.63, 3.8) is 0 Å². The molecule has 2 aromatic carbocycles. The quantitative estimate of drug-likeness (QED) is 0.831. The lowest BCUT2D eigenvalue weighted by atomic mass is 10.0. The summed E-state index contributed by atoms with van der Waals surface area (Å²) in [6.07, 6.45) is 1.92.